The van der Waals surface area contributed by atoms with Crippen LogP contribution in [0, 0.1) is 0 Å². The maximum atomic E-state index is 12.4. The number of amides is 2. The van der Waals surface area contributed by atoms with Crippen LogP contribution in [0.3, 0.4) is 0 Å². The fourth-order valence-corrected chi connectivity index (χ4v) is 3.09. The number of nitrogens with zero attached hydrogens (tertiary/aromatic N) is 2. The lowest BCUT2D eigenvalue weighted by atomic mass is 9.95. The third-order valence-corrected chi connectivity index (χ3v) is 4.34. The molecule has 2 saturated heterocycles. The Balaban J connectivity index is 1.85. The SMILES string of the molecule is CCCC(C)(N)C(=O)N1CCN(C(=O)C2CCCO2)CC1. The van der Waals surface area contributed by atoms with Gasteiger partial charge in [-0.15, -0.1) is 0 Å². The highest BCUT2D eigenvalue weighted by Gasteiger charge is 2.35. The summed E-state index contributed by atoms with van der Waals surface area (Å²) in [6.07, 6.45) is 3.07. The van der Waals surface area contributed by atoms with E-state index < -0.39 is 5.54 Å². The first-order valence-electron chi connectivity index (χ1n) is 7.94. The quantitative estimate of drug-likeness (QED) is 0.812. The Labute approximate surface area is 126 Å². The standard InChI is InChI=1S/C15H27N3O3/c1-3-6-15(2,16)14(20)18-9-7-17(8-10-18)13(19)12-5-4-11-21-12/h12H,3-11,16H2,1-2H3. The molecule has 120 valence electrons. The van der Waals surface area contributed by atoms with Gasteiger partial charge in [0.15, 0.2) is 0 Å². The average Bonchev–Trinajstić information content (AvgIpc) is 3.00. The predicted molar refractivity (Wildman–Crippen MR) is 79.6 cm³/mol. The number of hydrogen-bond acceptors (Lipinski definition) is 4. The zero-order valence-electron chi connectivity index (χ0n) is 13.1. The molecule has 0 aromatic heterocycles. The number of hydrogen-bond donors (Lipinski definition) is 1. The minimum Gasteiger partial charge on any atom is -0.368 e. The summed E-state index contributed by atoms with van der Waals surface area (Å²) in [7, 11) is 0. The molecule has 2 heterocycles. The molecule has 2 aliphatic rings. The molecule has 0 saturated carbocycles. The van der Waals surface area contributed by atoms with Crippen molar-refractivity contribution in [2.45, 2.75) is 51.2 Å². The van der Waals surface area contributed by atoms with Crippen molar-refractivity contribution in [2.75, 3.05) is 32.8 Å². The Kier molecular flexibility index (Phi) is 5.22. The molecule has 2 amide bonds. The van der Waals surface area contributed by atoms with Gasteiger partial charge in [0.2, 0.25) is 5.91 Å². The van der Waals surface area contributed by atoms with E-state index >= 15 is 0 Å². The third kappa shape index (κ3) is 3.74. The van der Waals surface area contributed by atoms with Gasteiger partial charge in [0, 0.05) is 32.8 Å². The minimum atomic E-state index is -0.796. The van der Waals surface area contributed by atoms with Gasteiger partial charge in [-0.3, -0.25) is 9.59 Å². The summed E-state index contributed by atoms with van der Waals surface area (Å²) in [5.74, 6) is 0.0669. The van der Waals surface area contributed by atoms with Gasteiger partial charge < -0.3 is 20.3 Å². The van der Waals surface area contributed by atoms with Crippen LogP contribution in [0.5, 0.6) is 0 Å². The molecule has 2 atom stereocenters. The third-order valence-electron chi connectivity index (χ3n) is 4.34. The highest BCUT2D eigenvalue weighted by Crippen LogP contribution is 2.18. The predicted octanol–water partition coefficient (Wildman–Crippen LogP) is 0.354. The van der Waals surface area contributed by atoms with E-state index in [1.807, 2.05) is 11.8 Å². The molecule has 2 rings (SSSR count). The Morgan fingerprint density at radius 1 is 1.24 bits per heavy atom. The second kappa shape index (κ2) is 6.75. The van der Waals surface area contributed by atoms with Crippen molar-refractivity contribution in [3.05, 3.63) is 0 Å². The maximum absolute atomic E-state index is 12.4. The van der Waals surface area contributed by atoms with Crippen LogP contribution in [0.2, 0.25) is 0 Å². The van der Waals surface area contributed by atoms with Crippen molar-refractivity contribution in [3.63, 3.8) is 0 Å². The summed E-state index contributed by atoms with van der Waals surface area (Å²) >= 11 is 0. The number of piperazine rings is 1. The highest BCUT2D eigenvalue weighted by atomic mass is 16.5. The van der Waals surface area contributed by atoms with Crippen molar-refractivity contribution >= 4 is 11.8 Å². The van der Waals surface area contributed by atoms with Crippen molar-refractivity contribution in [1.29, 1.82) is 0 Å². The van der Waals surface area contributed by atoms with Crippen LogP contribution in [-0.2, 0) is 14.3 Å². The zero-order chi connectivity index (χ0) is 15.5. The van der Waals surface area contributed by atoms with E-state index in [4.69, 9.17) is 10.5 Å². The van der Waals surface area contributed by atoms with Gasteiger partial charge in [0.05, 0.1) is 5.54 Å². The molecule has 21 heavy (non-hydrogen) atoms. The number of carbonyl (C=O) groups excluding carboxylic acids is 2. The summed E-state index contributed by atoms with van der Waals surface area (Å²) in [5, 5.41) is 0. The fraction of sp³-hybridized carbons (Fsp3) is 0.867. The molecule has 6 nitrogen and oxygen atoms in total. The normalized spacial score (nSPS) is 25.8. The Morgan fingerprint density at radius 3 is 2.38 bits per heavy atom. The van der Waals surface area contributed by atoms with Crippen LogP contribution in [0.25, 0.3) is 0 Å². The van der Waals surface area contributed by atoms with E-state index in [-0.39, 0.29) is 17.9 Å². The number of ether oxygens (including phenoxy) is 1. The lowest BCUT2D eigenvalue weighted by Gasteiger charge is -2.39. The summed E-state index contributed by atoms with van der Waals surface area (Å²) in [5.41, 5.74) is 5.31. The van der Waals surface area contributed by atoms with Crippen molar-refractivity contribution in [2.24, 2.45) is 5.73 Å². The monoisotopic (exact) mass is 297 g/mol. The average molecular weight is 297 g/mol. The second-order valence-electron chi connectivity index (χ2n) is 6.29. The number of nitrogens with two attached hydrogens (primary N) is 1. The van der Waals surface area contributed by atoms with Crippen LogP contribution in [-0.4, -0.2) is 66.0 Å². The maximum Gasteiger partial charge on any atom is 0.251 e. The molecule has 2 fully saturated rings. The molecule has 0 radical (unpaired) electrons. The van der Waals surface area contributed by atoms with Gasteiger partial charge in [-0.25, -0.2) is 0 Å². The van der Waals surface area contributed by atoms with Gasteiger partial charge in [-0.05, 0) is 26.2 Å². The van der Waals surface area contributed by atoms with Gasteiger partial charge in [0.25, 0.3) is 5.91 Å². The first-order valence-corrected chi connectivity index (χ1v) is 7.94. The molecular formula is C15H27N3O3. The van der Waals surface area contributed by atoms with Crippen molar-refractivity contribution < 1.29 is 14.3 Å². The summed E-state index contributed by atoms with van der Waals surface area (Å²) in [6, 6.07) is 0. The van der Waals surface area contributed by atoms with Gasteiger partial charge in [-0.1, -0.05) is 13.3 Å². The molecule has 2 N–H and O–H groups in total. The Morgan fingerprint density at radius 2 is 1.86 bits per heavy atom. The van der Waals surface area contributed by atoms with Gasteiger partial charge >= 0.3 is 0 Å². The first kappa shape index (κ1) is 16.2. The van der Waals surface area contributed by atoms with E-state index in [0.717, 1.165) is 19.3 Å². The van der Waals surface area contributed by atoms with Crippen molar-refractivity contribution in [1.82, 2.24) is 9.80 Å². The Hall–Kier alpha value is -1.14. The van der Waals surface area contributed by atoms with Crippen LogP contribution in [0.1, 0.15) is 39.5 Å². The van der Waals surface area contributed by atoms with Crippen molar-refractivity contribution in [3.8, 4) is 0 Å². The number of carbonyl (C=O) groups is 2. The largest absolute Gasteiger partial charge is 0.368 e. The minimum absolute atomic E-state index is 0.00596. The van der Waals surface area contributed by atoms with Gasteiger partial charge in [0.1, 0.15) is 6.10 Å². The second-order valence-corrected chi connectivity index (χ2v) is 6.29. The van der Waals surface area contributed by atoms with E-state index in [0.29, 0.717) is 39.2 Å². The Bertz CT molecular complexity index is 384. The first-order chi connectivity index (χ1) is 9.95. The van der Waals surface area contributed by atoms with Crippen LogP contribution in [0.4, 0.5) is 0 Å². The zero-order valence-corrected chi connectivity index (χ0v) is 13.1. The molecule has 2 unspecified atom stereocenters. The highest BCUT2D eigenvalue weighted by molar-refractivity contribution is 5.86. The molecule has 0 aromatic carbocycles. The topological polar surface area (TPSA) is 75.9 Å². The fourth-order valence-electron chi connectivity index (χ4n) is 3.09. The van der Waals surface area contributed by atoms with Crippen LogP contribution in [0.15, 0.2) is 0 Å². The molecule has 0 aliphatic carbocycles. The van der Waals surface area contributed by atoms with Gasteiger partial charge in [-0.2, -0.15) is 0 Å². The van der Waals surface area contributed by atoms with E-state index in [1.165, 1.54) is 0 Å². The molecule has 2 aliphatic heterocycles. The smallest absolute Gasteiger partial charge is 0.251 e. The number of rotatable bonds is 4. The molecule has 0 bridgehead atoms. The van der Waals surface area contributed by atoms with E-state index in [2.05, 4.69) is 0 Å². The molecule has 0 spiro atoms. The molecule has 0 aromatic rings. The van der Waals surface area contributed by atoms with E-state index in [1.54, 1.807) is 11.8 Å². The van der Waals surface area contributed by atoms with E-state index in [9.17, 15) is 9.59 Å². The molecular weight excluding hydrogens is 270 g/mol. The lowest BCUT2D eigenvalue weighted by Crippen LogP contribution is -2.59. The van der Waals surface area contributed by atoms with Crippen LogP contribution >= 0.6 is 0 Å². The van der Waals surface area contributed by atoms with Crippen LogP contribution < -0.4 is 5.73 Å². The summed E-state index contributed by atoms with van der Waals surface area (Å²) < 4.78 is 5.44. The lowest BCUT2D eigenvalue weighted by molar-refractivity contribution is -0.147. The summed E-state index contributed by atoms with van der Waals surface area (Å²) in [6.45, 7) is 6.78. The molecule has 6 heteroatoms. The summed E-state index contributed by atoms with van der Waals surface area (Å²) in [4.78, 5) is 28.3.